The molecule has 2 unspecified atom stereocenters. The Labute approximate surface area is 157 Å². The van der Waals surface area contributed by atoms with Gasteiger partial charge in [-0.3, -0.25) is 0 Å². The van der Waals surface area contributed by atoms with Crippen molar-refractivity contribution in [2.75, 3.05) is 0 Å². The standard InChI is InChI=1S/C24H41N/c1-9-24(16-15-22(7)25)17-21(6)23(8)20(5)12-10-11-19(4)14-13-18(2)3/h10-11,14,16,18,20-21,25H,8-9,12-13,15,17H2,1-7H3/b11-10?,19-14?,24-16+,25-22?. The predicted octanol–water partition coefficient (Wildman–Crippen LogP) is 7.91. The van der Waals surface area contributed by atoms with Crippen molar-refractivity contribution in [3.8, 4) is 0 Å². The van der Waals surface area contributed by atoms with Crippen LogP contribution in [0, 0.1) is 23.2 Å². The maximum absolute atomic E-state index is 7.59. The van der Waals surface area contributed by atoms with Crippen molar-refractivity contribution in [3.05, 3.63) is 47.6 Å². The summed E-state index contributed by atoms with van der Waals surface area (Å²) >= 11 is 0. The van der Waals surface area contributed by atoms with Crippen molar-refractivity contribution in [1.82, 2.24) is 0 Å². The highest BCUT2D eigenvalue weighted by atomic mass is 14.4. The first kappa shape index (κ1) is 23.6. The Balaban J connectivity index is 4.54. The molecule has 0 aromatic carbocycles. The molecule has 142 valence electrons. The third kappa shape index (κ3) is 11.8. The summed E-state index contributed by atoms with van der Waals surface area (Å²) in [5.74, 6) is 1.73. The maximum Gasteiger partial charge on any atom is 0.00959 e. The SMILES string of the molecule is C=C(C(C)CC=CC(C)=CCC(C)C)C(C)C/C(=C/CC(C)=N)CC. The van der Waals surface area contributed by atoms with Gasteiger partial charge in [-0.15, -0.1) is 0 Å². The van der Waals surface area contributed by atoms with Gasteiger partial charge in [0.25, 0.3) is 0 Å². The molecule has 1 N–H and O–H groups in total. The fourth-order valence-corrected chi connectivity index (χ4v) is 2.78. The lowest BCUT2D eigenvalue weighted by molar-refractivity contribution is 0.551. The summed E-state index contributed by atoms with van der Waals surface area (Å²) in [6.45, 7) is 19.7. The summed E-state index contributed by atoms with van der Waals surface area (Å²) in [6, 6.07) is 0. The summed E-state index contributed by atoms with van der Waals surface area (Å²) in [6.07, 6.45) is 14.2. The van der Waals surface area contributed by atoms with Crippen molar-refractivity contribution in [1.29, 1.82) is 5.41 Å². The van der Waals surface area contributed by atoms with Crippen LogP contribution in [0.1, 0.15) is 80.6 Å². The summed E-state index contributed by atoms with van der Waals surface area (Å²) in [5, 5.41) is 7.59. The zero-order valence-electron chi connectivity index (χ0n) is 17.8. The maximum atomic E-state index is 7.59. The molecule has 0 aliphatic carbocycles. The number of rotatable bonds is 12. The average Bonchev–Trinajstić information content (AvgIpc) is 2.55. The Morgan fingerprint density at radius 1 is 1.00 bits per heavy atom. The van der Waals surface area contributed by atoms with Crippen LogP contribution in [0.15, 0.2) is 47.6 Å². The van der Waals surface area contributed by atoms with Crippen LogP contribution in [0.4, 0.5) is 0 Å². The van der Waals surface area contributed by atoms with Gasteiger partial charge in [0.2, 0.25) is 0 Å². The molecule has 0 aliphatic heterocycles. The Morgan fingerprint density at radius 3 is 2.16 bits per heavy atom. The second kappa shape index (κ2) is 12.9. The van der Waals surface area contributed by atoms with Gasteiger partial charge in [0.1, 0.15) is 0 Å². The first-order valence-corrected chi connectivity index (χ1v) is 9.91. The van der Waals surface area contributed by atoms with Crippen LogP contribution in [-0.4, -0.2) is 5.71 Å². The first-order valence-electron chi connectivity index (χ1n) is 9.91. The lowest BCUT2D eigenvalue weighted by atomic mass is 9.84. The van der Waals surface area contributed by atoms with Crippen LogP contribution < -0.4 is 0 Å². The van der Waals surface area contributed by atoms with Crippen LogP contribution in [0.25, 0.3) is 0 Å². The van der Waals surface area contributed by atoms with E-state index in [4.69, 9.17) is 5.41 Å². The van der Waals surface area contributed by atoms with Gasteiger partial charge < -0.3 is 5.41 Å². The molecule has 0 aliphatic rings. The third-order valence-corrected chi connectivity index (χ3v) is 4.77. The molecule has 1 nitrogen and oxygen atoms in total. The lowest BCUT2D eigenvalue weighted by Crippen LogP contribution is -2.08. The van der Waals surface area contributed by atoms with E-state index in [1.54, 1.807) is 0 Å². The van der Waals surface area contributed by atoms with Gasteiger partial charge in [0.05, 0.1) is 0 Å². The molecule has 0 saturated carbocycles. The van der Waals surface area contributed by atoms with Crippen molar-refractivity contribution in [2.24, 2.45) is 17.8 Å². The van der Waals surface area contributed by atoms with E-state index in [-0.39, 0.29) is 0 Å². The third-order valence-electron chi connectivity index (χ3n) is 4.77. The summed E-state index contributed by atoms with van der Waals surface area (Å²) in [4.78, 5) is 0. The molecule has 0 amide bonds. The van der Waals surface area contributed by atoms with Crippen LogP contribution in [0.2, 0.25) is 0 Å². The molecule has 2 atom stereocenters. The van der Waals surface area contributed by atoms with Crippen molar-refractivity contribution < 1.29 is 0 Å². The second-order valence-corrected chi connectivity index (χ2v) is 8.00. The molecule has 0 bridgehead atoms. The quantitative estimate of drug-likeness (QED) is 0.211. The highest BCUT2D eigenvalue weighted by molar-refractivity contribution is 5.80. The van der Waals surface area contributed by atoms with Crippen LogP contribution in [0.3, 0.4) is 0 Å². The van der Waals surface area contributed by atoms with E-state index >= 15 is 0 Å². The van der Waals surface area contributed by atoms with Crippen LogP contribution in [0.5, 0.6) is 0 Å². The Hall–Kier alpha value is -1.37. The fraction of sp³-hybridized carbons (Fsp3) is 0.625. The van der Waals surface area contributed by atoms with Gasteiger partial charge in [-0.1, -0.05) is 82.2 Å². The van der Waals surface area contributed by atoms with E-state index in [9.17, 15) is 0 Å². The van der Waals surface area contributed by atoms with Gasteiger partial charge in [0.15, 0.2) is 0 Å². The smallest absolute Gasteiger partial charge is 0.00959 e. The molecular weight excluding hydrogens is 302 g/mol. The molecular formula is C24H41N. The first-order chi connectivity index (χ1) is 11.7. The fourth-order valence-electron chi connectivity index (χ4n) is 2.78. The topological polar surface area (TPSA) is 23.9 Å². The predicted molar refractivity (Wildman–Crippen MR) is 115 cm³/mol. The monoisotopic (exact) mass is 343 g/mol. The Kier molecular flexibility index (Phi) is 12.2. The lowest BCUT2D eigenvalue weighted by Gasteiger charge is -2.21. The molecule has 0 fully saturated rings. The highest BCUT2D eigenvalue weighted by Gasteiger charge is 2.14. The number of allylic oxidation sites excluding steroid dienone is 7. The highest BCUT2D eigenvalue weighted by Crippen LogP contribution is 2.28. The number of hydrogen-bond donors (Lipinski definition) is 1. The van der Waals surface area contributed by atoms with E-state index in [1.165, 1.54) is 16.7 Å². The second-order valence-electron chi connectivity index (χ2n) is 8.00. The largest absolute Gasteiger partial charge is 0.310 e. The van der Waals surface area contributed by atoms with Crippen LogP contribution in [-0.2, 0) is 0 Å². The van der Waals surface area contributed by atoms with Crippen molar-refractivity contribution in [2.45, 2.75) is 80.6 Å². The normalized spacial score (nSPS) is 15.7. The molecule has 25 heavy (non-hydrogen) atoms. The molecule has 0 aromatic heterocycles. The summed E-state index contributed by atoms with van der Waals surface area (Å²) in [7, 11) is 0. The summed E-state index contributed by atoms with van der Waals surface area (Å²) < 4.78 is 0. The molecule has 0 radical (unpaired) electrons. The van der Waals surface area contributed by atoms with E-state index in [1.807, 2.05) is 6.92 Å². The van der Waals surface area contributed by atoms with Crippen LogP contribution >= 0.6 is 0 Å². The van der Waals surface area contributed by atoms with E-state index < -0.39 is 0 Å². The number of hydrogen-bond acceptors (Lipinski definition) is 1. The van der Waals surface area contributed by atoms with Gasteiger partial charge in [0, 0.05) is 12.1 Å². The Bertz CT molecular complexity index is 502. The van der Waals surface area contributed by atoms with Gasteiger partial charge in [-0.25, -0.2) is 0 Å². The minimum Gasteiger partial charge on any atom is -0.310 e. The minimum absolute atomic E-state index is 0.498. The van der Waals surface area contributed by atoms with E-state index in [0.29, 0.717) is 11.8 Å². The zero-order valence-corrected chi connectivity index (χ0v) is 17.8. The van der Waals surface area contributed by atoms with Gasteiger partial charge in [-0.05, 0) is 57.3 Å². The minimum atomic E-state index is 0.498. The Morgan fingerprint density at radius 2 is 1.64 bits per heavy atom. The average molecular weight is 344 g/mol. The number of nitrogens with one attached hydrogen (secondary N) is 1. The molecule has 0 rings (SSSR count). The molecule has 0 aromatic rings. The van der Waals surface area contributed by atoms with E-state index in [2.05, 4.69) is 72.4 Å². The molecule has 0 spiro atoms. The van der Waals surface area contributed by atoms with Gasteiger partial charge >= 0.3 is 0 Å². The zero-order chi connectivity index (χ0) is 19.4. The van der Waals surface area contributed by atoms with E-state index in [0.717, 1.165) is 43.7 Å². The van der Waals surface area contributed by atoms with Gasteiger partial charge in [-0.2, -0.15) is 0 Å². The molecule has 1 heteroatoms. The summed E-state index contributed by atoms with van der Waals surface area (Å²) in [5.41, 5.74) is 4.89. The molecule has 0 saturated heterocycles. The van der Waals surface area contributed by atoms with Crippen molar-refractivity contribution >= 4 is 5.71 Å². The van der Waals surface area contributed by atoms with Crippen molar-refractivity contribution in [3.63, 3.8) is 0 Å². The molecule has 0 heterocycles.